The fraction of sp³-hybridized carbons (Fsp3) is 0.619. The van der Waals surface area contributed by atoms with Gasteiger partial charge in [0.25, 0.3) is 0 Å². The number of hydrogen-bond donors (Lipinski definition) is 3. The lowest BCUT2D eigenvalue weighted by Gasteiger charge is -2.40. The molecule has 166 valence electrons. The standard InChI is InChI=1S/C21H30N8OS/c1-13-23-18-19(26-21(27-20(18)31-13)25-15-11-22-28(2)12-15)24-14-3-5-16(6-4-14)29-9-7-17(30)8-10-29/h11-12,14,16-17,30H,3-10H2,1-2H3,(H2,24,25,26,27). The van der Waals surface area contributed by atoms with Gasteiger partial charge in [-0.15, -0.1) is 0 Å². The van der Waals surface area contributed by atoms with Gasteiger partial charge in [-0.25, -0.2) is 4.98 Å². The lowest BCUT2D eigenvalue weighted by Crippen LogP contribution is -2.45. The van der Waals surface area contributed by atoms with Crippen LogP contribution < -0.4 is 10.6 Å². The summed E-state index contributed by atoms with van der Waals surface area (Å²) in [6, 6.07) is 1.03. The second kappa shape index (κ2) is 8.68. The van der Waals surface area contributed by atoms with Crippen LogP contribution in [0.3, 0.4) is 0 Å². The molecule has 5 rings (SSSR count). The van der Waals surface area contributed by atoms with Gasteiger partial charge in [0.05, 0.1) is 23.0 Å². The summed E-state index contributed by atoms with van der Waals surface area (Å²) in [5, 5.41) is 21.9. The maximum atomic E-state index is 9.77. The van der Waals surface area contributed by atoms with Crippen molar-refractivity contribution in [2.75, 3.05) is 23.7 Å². The molecular weight excluding hydrogens is 412 g/mol. The molecule has 1 aliphatic heterocycles. The number of nitrogens with zero attached hydrogens (tertiary/aromatic N) is 6. The quantitative estimate of drug-likeness (QED) is 0.554. The summed E-state index contributed by atoms with van der Waals surface area (Å²) in [6.07, 6.45) is 9.97. The normalized spacial score (nSPS) is 23.3. The Morgan fingerprint density at radius 2 is 1.84 bits per heavy atom. The number of aryl methyl sites for hydroxylation is 2. The van der Waals surface area contributed by atoms with Crippen LogP contribution >= 0.6 is 11.3 Å². The molecule has 4 heterocycles. The van der Waals surface area contributed by atoms with E-state index in [1.807, 2.05) is 20.2 Å². The Bertz CT molecular complexity index is 1030. The topological polar surface area (TPSA) is 104 Å². The first-order chi connectivity index (χ1) is 15.0. The SMILES string of the molecule is Cc1nc2c(NC3CCC(N4CCC(O)CC4)CC3)nc(Nc3cnn(C)c3)nc2s1. The molecule has 1 saturated carbocycles. The minimum absolute atomic E-state index is 0.106. The number of anilines is 3. The Labute approximate surface area is 185 Å². The third-order valence-electron chi connectivity index (χ3n) is 6.38. The highest BCUT2D eigenvalue weighted by Crippen LogP contribution is 2.31. The maximum absolute atomic E-state index is 9.77. The molecule has 10 heteroatoms. The van der Waals surface area contributed by atoms with Gasteiger partial charge in [-0.3, -0.25) is 4.68 Å². The van der Waals surface area contributed by atoms with Gasteiger partial charge in [-0.1, -0.05) is 11.3 Å². The molecule has 0 amide bonds. The van der Waals surface area contributed by atoms with E-state index in [1.54, 1.807) is 22.2 Å². The van der Waals surface area contributed by atoms with Crippen molar-refractivity contribution in [1.82, 2.24) is 29.6 Å². The Balaban J connectivity index is 1.28. The number of likely N-dealkylation sites (tertiary alicyclic amines) is 1. The van der Waals surface area contributed by atoms with Crippen LogP contribution in [0.4, 0.5) is 17.5 Å². The zero-order chi connectivity index (χ0) is 21.4. The number of aliphatic hydroxyl groups excluding tert-OH is 1. The lowest BCUT2D eigenvalue weighted by molar-refractivity contribution is 0.0495. The fourth-order valence-corrected chi connectivity index (χ4v) is 5.52. The zero-order valence-corrected chi connectivity index (χ0v) is 18.9. The average Bonchev–Trinajstić information content (AvgIpc) is 3.34. The molecular formula is C21H30N8OS. The van der Waals surface area contributed by atoms with Gasteiger partial charge in [-0.2, -0.15) is 15.1 Å². The number of hydrogen-bond acceptors (Lipinski definition) is 9. The number of fused-ring (bicyclic) bond motifs is 1. The third-order valence-corrected chi connectivity index (χ3v) is 7.24. The molecule has 1 saturated heterocycles. The molecule has 1 aliphatic carbocycles. The fourth-order valence-electron chi connectivity index (χ4n) is 4.73. The number of piperidine rings is 1. The van der Waals surface area contributed by atoms with E-state index in [2.05, 4.69) is 30.6 Å². The minimum atomic E-state index is -0.106. The maximum Gasteiger partial charge on any atom is 0.230 e. The number of thiazole rings is 1. The number of nitrogens with one attached hydrogen (secondary N) is 2. The second-order valence-electron chi connectivity index (χ2n) is 8.73. The van der Waals surface area contributed by atoms with Crippen LogP contribution in [0.1, 0.15) is 43.5 Å². The van der Waals surface area contributed by atoms with Crippen molar-refractivity contribution in [2.45, 2.75) is 63.6 Å². The average molecular weight is 443 g/mol. The van der Waals surface area contributed by atoms with Crippen molar-refractivity contribution in [3.63, 3.8) is 0 Å². The largest absolute Gasteiger partial charge is 0.393 e. The van der Waals surface area contributed by atoms with E-state index < -0.39 is 0 Å². The van der Waals surface area contributed by atoms with E-state index in [1.165, 1.54) is 12.8 Å². The molecule has 9 nitrogen and oxygen atoms in total. The Morgan fingerprint density at radius 3 is 2.55 bits per heavy atom. The van der Waals surface area contributed by atoms with Crippen LogP contribution in [0.15, 0.2) is 12.4 Å². The van der Waals surface area contributed by atoms with Gasteiger partial charge in [-0.05, 0) is 45.4 Å². The van der Waals surface area contributed by atoms with Crippen molar-refractivity contribution in [3.05, 3.63) is 17.4 Å². The minimum Gasteiger partial charge on any atom is -0.393 e. The predicted molar refractivity (Wildman–Crippen MR) is 123 cm³/mol. The molecule has 0 aromatic carbocycles. The first kappa shape index (κ1) is 20.6. The Hall–Kier alpha value is -2.30. The summed E-state index contributed by atoms with van der Waals surface area (Å²) in [5.74, 6) is 1.37. The van der Waals surface area contributed by atoms with Crippen LogP contribution in [-0.2, 0) is 7.05 Å². The van der Waals surface area contributed by atoms with Crippen LogP contribution in [-0.4, -0.2) is 66.0 Å². The highest BCUT2D eigenvalue weighted by Gasteiger charge is 2.29. The van der Waals surface area contributed by atoms with Crippen LogP contribution in [0.2, 0.25) is 0 Å². The highest BCUT2D eigenvalue weighted by atomic mass is 32.1. The summed E-state index contributed by atoms with van der Waals surface area (Å²) < 4.78 is 1.75. The monoisotopic (exact) mass is 442 g/mol. The van der Waals surface area contributed by atoms with Crippen molar-refractivity contribution in [3.8, 4) is 0 Å². The first-order valence-electron chi connectivity index (χ1n) is 11.1. The van der Waals surface area contributed by atoms with E-state index in [4.69, 9.17) is 4.98 Å². The molecule has 3 aromatic rings. The van der Waals surface area contributed by atoms with Gasteiger partial charge >= 0.3 is 0 Å². The van der Waals surface area contributed by atoms with Crippen LogP contribution in [0, 0.1) is 6.92 Å². The van der Waals surface area contributed by atoms with E-state index in [-0.39, 0.29) is 6.10 Å². The highest BCUT2D eigenvalue weighted by molar-refractivity contribution is 7.18. The molecule has 0 bridgehead atoms. The van der Waals surface area contributed by atoms with E-state index in [9.17, 15) is 5.11 Å². The van der Waals surface area contributed by atoms with Crippen LogP contribution in [0.25, 0.3) is 10.3 Å². The van der Waals surface area contributed by atoms with Crippen LogP contribution in [0.5, 0.6) is 0 Å². The molecule has 0 radical (unpaired) electrons. The number of rotatable bonds is 5. The van der Waals surface area contributed by atoms with Gasteiger partial charge in [0.2, 0.25) is 5.95 Å². The number of aromatic nitrogens is 5. The summed E-state index contributed by atoms with van der Waals surface area (Å²) in [4.78, 5) is 17.6. The van der Waals surface area contributed by atoms with Crippen molar-refractivity contribution >= 4 is 39.1 Å². The van der Waals surface area contributed by atoms with Crippen molar-refractivity contribution < 1.29 is 5.11 Å². The molecule has 2 aliphatic rings. The third kappa shape index (κ3) is 4.65. The molecule has 0 unspecified atom stereocenters. The lowest BCUT2D eigenvalue weighted by atomic mass is 9.89. The molecule has 0 spiro atoms. The van der Waals surface area contributed by atoms with E-state index in [0.717, 1.165) is 65.6 Å². The molecule has 31 heavy (non-hydrogen) atoms. The van der Waals surface area contributed by atoms with Gasteiger partial charge in [0.15, 0.2) is 10.6 Å². The molecule has 0 atom stereocenters. The van der Waals surface area contributed by atoms with Gasteiger partial charge in [0, 0.05) is 38.4 Å². The Morgan fingerprint density at radius 1 is 1.06 bits per heavy atom. The summed E-state index contributed by atoms with van der Waals surface area (Å²) in [7, 11) is 1.89. The summed E-state index contributed by atoms with van der Waals surface area (Å²) >= 11 is 1.59. The van der Waals surface area contributed by atoms with Gasteiger partial charge < -0.3 is 20.6 Å². The zero-order valence-electron chi connectivity index (χ0n) is 18.1. The van der Waals surface area contributed by atoms with Gasteiger partial charge in [0.1, 0.15) is 5.52 Å². The van der Waals surface area contributed by atoms with Crippen molar-refractivity contribution in [2.24, 2.45) is 7.05 Å². The molecule has 3 aromatic heterocycles. The van der Waals surface area contributed by atoms with E-state index in [0.29, 0.717) is 18.0 Å². The Kier molecular flexibility index (Phi) is 5.77. The molecule has 3 N–H and O–H groups in total. The first-order valence-corrected chi connectivity index (χ1v) is 11.9. The summed E-state index contributed by atoms with van der Waals surface area (Å²) in [6.45, 7) is 4.06. The molecule has 2 fully saturated rings. The second-order valence-corrected chi connectivity index (χ2v) is 9.91. The predicted octanol–water partition coefficient (Wildman–Crippen LogP) is 3.05. The van der Waals surface area contributed by atoms with Crippen molar-refractivity contribution in [1.29, 1.82) is 0 Å². The van der Waals surface area contributed by atoms with E-state index >= 15 is 0 Å². The smallest absolute Gasteiger partial charge is 0.230 e. The number of aliphatic hydroxyl groups is 1. The summed E-state index contributed by atoms with van der Waals surface area (Å²) in [5.41, 5.74) is 1.72.